The van der Waals surface area contributed by atoms with Gasteiger partial charge in [-0.25, -0.2) is 0 Å². The van der Waals surface area contributed by atoms with E-state index >= 15 is 0 Å². The second kappa shape index (κ2) is 9.33. The molecule has 3 rings (SSSR count). The van der Waals surface area contributed by atoms with Crippen LogP contribution in [0.3, 0.4) is 0 Å². The Labute approximate surface area is 161 Å². The molecule has 0 saturated carbocycles. The normalized spacial score (nSPS) is 20.9. The van der Waals surface area contributed by atoms with E-state index in [1.165, 1.54) is 0 Å². The number of ether oxygens (including phenoxy) is 1. The number of piperidine rings is 2. The number of carbonyl (C=O) groups is 2. The summed E-state index contributed by atoms with van der Waals surface area (Å²) in [5, 5.41) is 6.52. The second-order valence-electron chi connectivity index (χ2n) is 7.76. The summed E-state index contributed by atoms with van der Waals surface area (Å²) in [6, 6.07) is 9.08. The highest BCUT2D eigenvalue weighted by molar-refractivity contribution is 5.89. The van der Waals surface area contributed by atoms with Crippen molar-refractivity contribution >= 4 is 11.8 Å². The number of carbonyl (C=O) groups excluding carboxylic acids is 2. The molecule has 2 aliphatic heterocycles. The lowest BCUT2D eigenvalue weighted by Crippen LogP contribution is -2.51. The number of nitrogens with one attached hydrogen (secondary N) is 2. The molecular formula is C21H31N3O3. The van der Waals surface area contributed by atoms with E-state index in [0.717, 1.165) is 44.3 Å². The Morgan fingerprint density at radius 1 is 1.26 bits per heavy atom. The SMILES string of the molecule is COCC1(CNC(=O)C(c2ccccc2)N2CCCCC2=O)CCNCC1. The largest absolute Gasteiger partial charge is 0.384 e. The molecule has 2 fully saturated rings. The van der Waals surface area contributed by atoms with Gasteiger partial charge in [0.15, 0.2) is 0 Å². The molecule has 6 heteroatoms. The number of methoxy groups -OCH3 is 1. The molecule has 0 radical (unpaired) electrons. The third-order valence-corrected chi connectivity index (χ3v) is 5.79. The smallest absolute Gasteiger partial charge is 0.247 e. The van der Waals surface area contributed by atoms with Gasteiger partial charge in [-0.15, -0.1) is 0 Å². The number of amides is 2. The highest BCUT2D eigenvalue weighted by Gasteiger charge is 2.36. The van der Waals surface area contributed by atoms with Crippen LogP contribution in [0.5, 0.6) is 0 Å². The third-order valence-electron chi connectivity index (χ3n) is 5.79. The highest BCUT2D eigenvalue weighted by atomic mass is 16.5. The van der Waals surface area contributed by atoms with Crippen molar-refractivity contribution < 1.29 is 14.3 Å². The third kappa shape index (κ3) is 4.87. The van der Waals surface area contributed by atoms with Gasteiger partial charge in [-0.3, -0.25) is 9.59 Å². The van der Waals surface area contributed by atoms with Crippen LogP contribution in [-0.2, 0) is 14.3 Å². The molecule has 1 unspecified atom stereocenters. The Bertz CT molecular complexity index is 623. The average molecular weight is 373 g/mol. The van der Waals surface area contributed by atoms with Gasteiger partial charge < -0.3 is 20.3 Å². The van der Waals surface area contributed by atoms with Crippen molar-refractivity contribution in [2.45, 2.75) is 38.1 Å². The molecule has 0 aromatic heterocycles. The molecule has 0 spiro atoms. The maximum atomic E-state index is 13.2. The quantitative estimate of drug-likeness (QED) is 0.766. The minimum atomic E-state index is -0.555. The Balaban J connectivity index is 1.75. The van der Waals surface area contributed by atoms with Crippen LogP contribution >= 0.6 is 0 Å². The summed E-state index contributed by atoms with van der Waals surface area (Å²) in [6.07, 6.45) is 4.32. The Morgan fingerprint density at radius 3 is 2.67 bits per heavy atom. The number of rotatable bonds is 7. The fraction of sp³-hybridized carbons (Fsp3) is 0.619. The Morgan fingerprint density at radius 2 is 2.00 bits per heavy atom. The van der Waals surface area contributed by atoms with E-state index in [9.17, 15) is 9.59 Å². The summed E-state index contributed by atoms with van der Waals surface area (Å²) in [4.78, 5) is 27.5. The van der Waals surface area contributed by atoms with E-state index in [1.807, 2.05) is 30.3 Å². The van der Waals surface area contributed by atoms with Crippen molar-refractivity contribution in [3.05, 3.63) is 35.9 Å². The summed E-state index contributed by atoms with van der Waals surface area (Å²) in [5.74, 6) is -0.0239. The molecule has 2 amide bonds. The van der Waals surface area contributed by atoms with Gasteiger partial charge in [-0.1, -0.05) is 30.3 Å². The summed E-state index contributed by atoms with van der Waals surface area (Å²) >= 11 is 0. The first-order chi connectivity index (χ1) is 13.2. The van der Waals surface area contributed by atoms with E-state index in [-0.39, 0.29) is 17.2 Å². The van der Waals surface area contributed by atoms with Gasteiger partial charge in [0, 0.05) is 32.0 Å². The highest BCUT2D eigenvalue weighted by Crippen LogP contribution is 2.30. The molecular weight excluding hydrogens is 342 g/mol. The number of likely N-dealkylation sites (tertiary alicyclic amines) is 1. The van der Waals surface area contributed by atoms with E-state index in [2.05, 4.69) is 10.6 Å². The van der Waals surface area contributed by atoms with Crippen molar-refractivity contribution in [2.75, 3.05) is 39.9 Å². The standard InChI is InChI=1S/C21H31N3O3/c1-27-16-21(10-12-22-13-11-21)15-23-20(26)19(17-7-3-2-4-8-17)24-14-6-5-9-18(24)25/h2-4,7-8,19,22H,5-6,9-16H2,1H3,(H,23,26). The molecule has 6 nitrogen and oxygen atoms in total. The second-order valence-corrected chi connectivity index (χ2v) is 7.76. The van der Waals surface area contributed by atoms with Crippen LogP contribution < -0.4 is 10.6 Å². The number of benzene rings is 1. The molecule has 2 N–H and O–H groups in total. The Kier molecular flexibility index (Phi) is 6.85. The van der Waals surface area contributed by atoms with Crippen molar-refractivity contribution in [3.63, 3.8) is 0 Å². The van der Waals surface area contributed by atoms with Crippen LogP contribution in [0.25, 0.3) is 0 Å². The lowest BCUT2D eigenvalue weighted by atomic mass is 9.79. The van der Waals surface area contributed by atoms with E-state index < -0.39 is 6.04 Å². The van der Waals surface area contributed by atoms with Crippen molar-refractivity contribution in [1.82, 2.24) is 15.5 Å². The van der Waals surface area contributed by atoms with E-state index in [4.69, 9.17) is 4.74 Å². The van der Waals surface area contributed by atoms with Crippen LogP contribution in [0.1, 0.15) is 43.7 Å². The van der Waals surface area contributed by atoms with Gasteiger partial charge >= 0.3 is 0 Å². The molecule has 2 aliphatic rings. The van der Waals surface area contributed by atoms with Crippen LogP contribution in [0.15, 0.2) is 30.3 Å². The lowest BCUT2D eigenvalue weighted by molar-refractivity contribution is -0.143. The maximum absolute atomic E-state index is 13.2. The first kappa shape index (κ1) is 19.8. The fourth-order valence-corrected chi connectivity index (χ4v) is 4.21. The maximum Gasteiger partial charge on any atom is 0.247 e. The van der Waals surface area contributed by atoms with Crippen molar-refractivity contribution in [1.29, 1.82) is 0 Å². The summed E-state index contributed by atoms with van der Waals surface area (Å²) < 4.78 is 5.45. The predicted octanol–water partition coefficient (Wildman–Crippen LogP) is 1.87. The van der Waals surface area contributed by atoms with Crippen molar-refractivity contribution in [2.24, 2.45) is 5.41 Å². The topological polar surface area (TPSA) is 70.7 Å². The van der Waals surface area contributed by atoms with Crippen LogP contribution in [-0.4, -0.2) is 56.6 Å². The summed E-state index contributed by atoms with van der Waals surface area (Å²) in [5.41, 5.74) is 0.833. The van der Waals surface area contributed by atoms with Gasteiger partial charge in [0.2, 0.25) is 11.8 Å². The van der Waals surface area contributed by atoms with Crippen LogP contribution in [0, 0.1) is 5.41 Å². The zero-order valence-electron chi connectivity index (χ0n) is 16.2. The van der Waals surface area contributed by atoms with E-state index in [1.54, 1.807) is 12.0 Å². The molecule has 1 aromatic rings. The predicted molar refractivity (Wildman–Crippen MR) is 104 cm³/mol. The van der Waals surface area contributed by atoms with Gasteiger partial charge in [-0.2, -0.15) is 0 Å². The van der Waals surface area contributed by atoms with Crippen molar-refractivity contribution in [3.8, 4) is 0 Å². The van der Waals surface area contributed by atoms with Gasteiger partial charge in [-0.05, 0) is 44.3 Å². The average Bonchev–Trinajstić information content (AvgIpc) is 2.70. The summed E-state index contributed by atoms with van der Waals surface area (Å²) in [7, 11) is 1.71. The monoisotopic (exact) mass is 373 g/mol. The minimum absolute atomic E-state index is 0.0389. The molecule has 1 aromatic carbocycles. The zero-order chi connectivity index (χ0) is 19.1. The molecule has 2 heterocycles. The van der Waals surface area contributed by atoms with Gasteiger partial charge in [0.1, 0.15) is 6.04 Å². The molecule has 1 atom stereocenters. The molecule has 0 aliphatic carbocycles. The first-order valence-corrected chi connectivity index (χ1v) is 9.97. The van der Waals surface area contributed by atoms with Gasteiger partial charge in [0.25, 0.3) is 0 Å². The molecule has 2 saturated heterocycles. The Hall–Kier alpha value is -1.92. The molecule has 0 bridgehead atoms. The van der Waals surface area contributed by atoms with Crippen LogP contribution in [0.2, 0.25) is 0 Å². The number of hydrogen-bond acceptors (Lipinski definition) is 4. The van der Waals surface area contributed by atoms with E-state index in [0.29, 0.717) is 26.1 Å². The van der Waals surface area contributed by atoms with Crippen LogP contribution in [0.4, 0.5) is 0 Å². The molecule has 148 valence electrons. The summed E-state index contributed by atoms with van der Waals surface area (Å²) in [6.45, 7) is 3.72. The first-order valence-electron chi connectivity index (χ1n) is 9.97. The fourth-order valence-electron chi connectivity index (χ4n) is 4.21. The number of hydrogen-bond donors (Lipinski definition) is 2. The zero-order valence-corrected chi connectivity index (χ0v) is 16.2. The minimum Gasteiger partial charge on any atom is -0.384 e. The van der Waals surface area contributed by atoms with Gasteiger partial charge in [0.05, 0.1) is 6.61 Å². The number of nitrogens with zero attached hydrogens (tertiary/aromatic N) is 1. The lowest BCUT2D eigenvalue weighted by Gasteiger charge is -2.39. The molecule has 27 heavy (non-hydrogen) atoms.